The minimum atomic E-state index is -4.41. The van der Waals surface area contributed by atoms with Crippen molar-refractivity contribution in [2.24, 2.45) is 0 Å². The summed E-state index contributed by atoms with van der Waals surface area (Å²) in [6.07, 6.45) is -1.51. The van der Waals surface area contributed by atoms with Gasteiger partial charge in [-0.25, -0.2) is 4.98 Å². The van der Waals surface area contributed by atoms with E-state index in [4.69, 9.17) is 0 Å². The molecule has 1 heterocycles. The molecule has 4 nitrogen and oxygen atoms in total. The van der Waals surface area contributed by atoms with Crippen molar-refractivity contribution < 1.29 is 28.2 Å². The highest BCUT2D eigenvalue weighted by atomic mass is 32.1. The molecule has 0 aliphatic heterocycles. The maximum absolute atomic E-state index is 12.8. The van der Waals surface area contributed by atoms with Gasteiger partial charge in [-0.3, -0.25) is 4.79 Å². The lowest BCUT2D eigenvalue weighted by Gasteiger charge is -2.06. The molecular weight excluding hydrogens is 427 g/mol. The van der Waals surface area contributed by atoms with Crippen LogP contribution in [-0.4, -0.2) is 21.0 Å². The van der Waals surface area contributed by atoms with Crippen molar-refractivity contribution in [2.45, 2.75) is 32.9 Å². The average molecular weight is 447 g/mol. The summed E-state index contributed by atoms with van der Waals surface area (Å²) in [5.74, 6) is -0.848. The Morgan fingerprint density at radius 2 is 1.74 bits per heavy atom. The van der Waals surface area contributed by atoms with Crippen molar-refractivity contribution in [3.8, 4) is 22.1 Å². The third-order valence-corrected chi connectivity index (χ3v) is 5.74. The number of hydrogen-bond donors (Lipinski definition) is 2. The minimum Gasteiger partial charge on any atom is -0.508 e. The van der Waals surface area contributed by atoms with Crippen molar-refractivity contribution in [2.75, 3.05) is 0 Å². The van der Waals surface area contributed by atoms with Crippen LogP contribution >= 0.6 is 11.3 Å². The molecule has 2 N–H and O–H groups in total. The van der Waals surface area contributed by atoms with Crippen LogP contribution < -0.4 is 0 Å². The molecule has 1 aromatic heterocycles. The number of ketones is 1. The van der Waals surface area contributed by atoms with Crippen molar-refractivity contribution >= 4 is 23.2 Å². The largest absolute Gasteiger partial charge is 0.508 e. The van der Waals surface area contributed by atoms with Crippen LogP contribution in [0.25, 0.3) is 16.6 Å². The second-order valence-electron chi connectivity index (χ2n) is 7.35. The first-order valence-electron chi connectivity index (χ1n) is 9.40. The number of rotatable bonds is 5. The van der Waals surface area contributed by atoms with E-state index in [0.717, 1.165) is 23.9 Å². The van der Waals surface area contributed by atoms with Crippen LogP contribution in [0, 0.1) is 6.92 Å². The molecule has 2 aromatic carbocycles. The molecule has 0 fully saturated rings. The summed E-state index contributed by atoms with van der Waals surface area (Å²) in [6.45, 7) is 5.48. The van der Waals surface area contributed by atoms with E-state index in [9.17, 15) is 28.2 Å². The SMILES string of the molecule is Cc1cc(C(=O)/C=C/c2sc(-c3ccc(C(F)(F)F)cc3)nc2C(C)C)c(O)cc1O. The number of hydrogen-bond acceptors (Lipinski definition) is 5. The van der Waals surface area contributed by atoms with E-state index in [0.29, 0.717) is 21.0 Å². The highest BCUT2D eigenvalue weighted by Gasteiger charge is 2.30. The highest BCUT2D eigenvalue weighted by Crippen LogP contribution is 2.35. The number of aryl methyl sites for hydroxylation is 1. The van der Waals surface area contributed by atoms with Crippen LogP contribution in [0.3, 0.4) is 0 Å². The van der Waals surface area contributed by atoms with E-state index in [-0.39, 0.29) is 23.0 Å². The Balaban J connectivity index is 1.92. The monoisotopic (exact) mass is 447 g/mol. The van der Waals surface area contributed by atoms with Crippen LogP contribution in [-0.2, 0) is 6.18 Å². The predicted octanol–water partition coefficient (Wildman–Crippen LogP) is 6.57. The fourth-order valence-electron chi connectivity index (χ4n) is 2.93. The van der Waals surface area contributed by atoms with Gasteiger partial charge < -0.3 is 10.2 Å². The quantitative estimate of drug-likeness (QED) is 0.343. The van der Waals surface area contributed by atoms with Crippen LogP contribution in [0.4, 0.5) is 13.2 Å². The summed E-state index contributed by atoms with van der Waals surface area (Å²) in [4.78, 5) is 17.8. The van der Waals surface area contributed by atoms with Gasteiger partial charge in [0.25, 0.3) is 0 Å². The zero-order chi connectivity index (χ0) is 22.9. The third-order valence-electron chi connectivity index (χ3n) is 4.65. The predicted molar refractivity (Wildman–Crippen MR) is 115 cm³/mol. The number of phenolic OH excluding ortho intramolecular Hbond substituents is 2. The summed E-state index contributed by atoms with van der Waals surface area (Å²) in [7, 11) is 0. The number of alkyl halides is 3. The Morgan fingerprint density at radius 3 is 2.32 bits per heavy atom. The van der Waals surface area contributed by atoms with Crippen LogP contribution in [0.1, 0.15) is 51.8 Å². The third kappa shape index (κ3) is 4.96. The Kier molecular flexibility index (Phi) is 6.22. The van der Waals surface area contributed by atoms with Gasteiger partial charge >= 0.3 is 6.18 Å². The van der Waals surface area contributed by atoms with Gasteiger partial charge in [0.2, 0.25) is 0 Å². The van der Waals surface area contributed by atoms with E-state index in [1.165, 1.54) is 35.6 Å². The molecule has 0 saturated carbocycles. The average Bonchev–Trinajstić information content (AvgIpc) is 3.13. The first kappa shape index (κ1) is 22.6. The van der Waals surface area contributed by atoms with Crippen LogP contribution in [0.5, 0.6) is 11.5 Å². The van der Waals surface area contributed by atoms with Gasteiger partial charge in [-0.05, 0) is 48.8 Å². The zero-order valence-corrected chi connectivity index (χ0v) is 17.8. The highest BCUT2D eigenvalue weighted by molar-refractivity contribution is 7.16. The van der Waals surface area contributed by atoms with Crippen LogP contribution in [0.15, 0.2) is 42.5 Å². The molecule has 8 heteroatoms. The molecule has 0 aliphatic rings. The normalized spacial score (nSPS) is 12.1. The van der Waals surface area contributed by atoms with Gasteiger partial charge in [-0.2, -0.15) is 13.2 Å². The Hall–Kier alpha value is -3.13. The van der Waals surface area contributed by atoms with E-state index in [1.807, 2.05) is 13.8 Å². The van der Waals surface area contributed by atoms with Gasteiger partial charge in [0.05, 0.1) is 21.7 Å². The first-order chi connectivity index (χ1) is 14.5. The number of aromatic hydroxyl groups is 2. The standard InChI is InChI=1S/C23H20F3NO3S/c1-12(2)21-20(9-8-17(28)16-10-13(3)18(29)11-19(16)30)31-22(27-21)14-4-6-15(7-5-14)23(24,25)26/h4-12,29-30H,1-3H3/b9-8+. The second-order valence-corrected chi connectivity index (χ2v) is 8.38. The number of halogens is 3. The fraction of sp³-hybridized carbons (Fsp3) is 0.217. The van der Waals surface area contributed by atoms with Gasteiger partial charge in [-0.15, -0.1) is 11.3 Å². The molecule has 0 amide bonds. The number of carbonyl (C=O) groups is 1. The summed E-state index contributed by atoms with van der Waals surface area (Å²) in [5, 5.41) is 20.1. The number of benzene rings is 2. The zero-order valence-electron chi connectivity index (χ0n) is 17.0. The van der Waals surface area contributed by atoms with E-state index in [1.54, 1.807) is 13.0 Å². The molecular formula is C23H20F3NO3S. The summed E-state index contributed by atoms with van der Waals surface area (Å²) >= 11 is 1.27. The second kappa shape index (κ2) is 8.55. The van der Waals surface area contributed by atoms with Crippen molar-refractivity contribution in [3.05, 3.63) is 69.7 Å². The number of aromatic nitrogens is 1. The summed E-state index contributed by atoms with van der Waals surface area (Å²) in [5.41, 5.74) is 1.06. The minimum absolute atomic E-state index is 0.0264. The Bertz CT molecular complexity index is 1150. The van der Waals surface area contributed by atoms with Crippen LogP contribution in [0.2, 0.25) is 0 Å². The van der Waals surface area contributed by atoms with Crippen molar-refractivity contribution in [1.29, 1.82) is 0 Å². The molecule has 3 rings (SSSR count). The number of phenols is 2. The molecule has 0 radical (unpaired) electrons. The molecule has 162 valence electrons. The van der Waals surface area contributed by atoms with E-state index >= 15 is 0 Å². The number of allylic oxidation sites excluding steroid dienone is 1. The van der Waals surface area contributed by atoms with Crippen molar-refractivity contribution in [3.63, 3.8) is 0 Å². The van der Waals surface area contributed by atoms with E-state index < -0.39 is 17.5 Å². The molecule has 0 bridgehead atoms. The number of carbonyl (C=O) groups excluding carboxylic acids is 1. The lowest BCUT2D eigenvalue weighted by molar-refractivity contribution is -0.137. The number of nitrogens with zero attached hydrogens (tertiary/aromatic N) is 1. The maximum Gasteiger partial charge on any atom is 0.416 e. The summed E-state index contributed by atoms with van der Waals surface area (Å²) in [6, 6.07) is 7.30. The molecule has 0 aliphatic carbocycles. The maximum atomic E-state index is 12.8. The number of thiazole rings is 1. The molecule has 0 saturated heterocycles. The van der Waals surface area contributed by atoms with Gasteiger partial charge in [0.1, 0.15) is 16.5 Å². The smallest absolute Gasteiger partial charge is 0.416 e. The molecule has 0 unspecified atom stereocenters. The lowest BCUT2D eigenvalue weighted by atomic mass is 10.0. The van der Waals surface area contributed by atoms with E-state index in [2.05, 4.69) is 4.98 Å². The molecule has 0 spiro atoms. The Labute approximate surface area is 181 Å². The lowest BCUT2D eigenvalue weighted by Crippen LogP contribution is -2.03. The van der Waals surface area contributed by atoms with Gasteiger partial charge in [-0.1, -0.05) is 26.0 Å². The van der Waals surface area contributed by atoms with Crippen molar-refractivity contribution in [1.82, 2.24) is 4.98 Å². The summed E-state index contributed by atoms with van der Waals surface area (Å²) < 4.78 is 38.4. The molecule has 3 aromatic rings. The molecule has 0 atom stereocenters. The van der Waals surface area contributed by atoms with Gasteiger partial charge in [0.15, 0.2) is 5.78 Å². The molecule has 31 heavy (non-hydrogen) atoms. The first-order valence-corrected chi connectivity index (χ1v) is 10.2. The Morgan fingerprint density at radius 1 is 1.10 bits per heavy atom. The fourth-order valence-corrected chi connectivity index (χ4v) is 4.05. The van der Waals surface area contributed by atoms with Gasteiger partial charge in [0, 0.05) is 11.6 Å². The topological polar surface area (TPSA) is 70.4 Å².